The SMILES string of the molecule is COC(=O)[C@H](CCCCN1C(=O)C2C3(C)C(=O)C(C)(C(c4ccccc4)=C3c3ccccc3)C2(Br)C1=O)NC(=O)OC(C)(C)C. The lowest BCUT2D eigenvalue weighted by Gasteiger charge is -2.41. The predicted molar refractivity (Wildman–Crippen MR) is 172 cm³/mol. The molecule has 1 heterocycles. The number of Topliss-reactive ketones (excluding diaryl/α,β-unsaturated/α-hetero) is 1. The second kappa shape index (κ2) is 11.5. The van der Waals surface area contributed by atoms with E-state index in [1.54, 1.807) is 34.6 Å². The molecule has 2 bridgehead atoms. The first kappa shape index (κ1) is 32.6. The molecule has 3 amide bonds. The number of benzene rings is 2. The molecule has 0 aromatic heterocycles. The fraction of sp³-hybridized carbons (Fsp3) is 0.457. The van der Waals surface area contributed by atoms with E-state index in [2.05, 4.69) is 21.2 Å². The number of methoxy groups -OCH3 is 1. The van der Waals surface area contributed by atoms with Gasteiger partial charge in [0.2, 0.25) is 11.8 Å². The van der Waals surface area contributed by atoms with E-state index in [4.69, 9.17) is 9.47 Å². The van der Waals surface area contributed by atoms with Crippen LogP contribution in [0.25, 0.3) is 11.1 Å². The number of imide groups is 1. The van der Waals surface area contributed by atoms with Crippen molar-refractivity contribution in [1.82, 2.24) is 10.2 Å². The standard InChI is InChI=1S/C35H39BrN2O7/c1-32(2,3)45-31(43)37-23(28(40)44-6)19-13-14-20-38-27(39)26-33(4)24(21-15-9-7-10-16-21)25(22-17-11-8-12-18-22)34(5,29(33)41)35(26,36)30(38)42/h7-12,15-18,23,26H,13-14,19-20H2,1-6H3,(H,37,43)/t23-,26?,33?,34?,35?/m0/s1. The van der Waals surface area contributed by atoms with Gasteiger partial charge in [-0.15, -0.1) is 0 Å². The summed E-state index contributed by atoms with van der Waals surface area (Å²) in [6.45, 7) is 8.85. The largest absolute Gasteiger partial charge is 0.467 e. The van der Waals surface area contributed by atoms with Crippen LogP contribution in [0.3, 0.4) is 0 Å². The number of rotatable bonds is 9. The molecule has 45 heavy (non-hydrogen) atoms. The third-order valence-corrected chi connectivity index (χ3v) is 11.0. The van der Waals surface area contributed by atoms with E-state index >= 15 is 0 Å². The average Bonchev–Trinajstić information content (AvgIpc) is 3.38. The van der Waals surface area contributed by atoms with Gasteiger partial charge in [0, 0.05) is 6.54 Å². The molecule has 5 rings (SSSR count). The number of carbonyl (C=O) groups is 5. The van der Waals surface area contributed by atoms with Crippen molar-refractivity contribution in [2.24, 2.45) is 16.7 Å². The van der Waals surface area contributed by atoms with Crippen molar-refractivity contribution < 1.29 is 33.4 Å². The highest BCUT2D eigenvalue weighted by atomic mass is 79.9. The molecule has 1 N–H and O–H groups in total. The Morgan fingerprint density at radius 1 is 0.933 bits per heavy atom. The first-order valence-electron chi connectivity index (χ1n) is 15.2. The van der Waals surface area contributed by atoms with Crippen LogP contribution in [-0.2, 0) is 28.7 Å². The van der Waals surface area contributed by atoms with Crippen molar-refractivity contribution in [2.45, 2.75) is 69.8 Å². The van der Waals surface area contributed by atoms with E-state index < -0.39 is 56.6 Å². The van der Waals surface area contributed by atoms with Crippen LogP contribution in [0.15, 0.2) is 60.7 Å². The van der Waals surface area contributed by atoms with Crippen molar-refractivity contribution in [3.05, 3.63) is 71.8 Å². The molecule has 1 saturated heterocycles. The molecule has 2 fully saturated rings. The van der Waals surface area contributed by atoms with Gasteiger partial charge in [0.25, 0.3) is 0 Å². The summed E-state index contributed by atoms with van der Waals surface area (Å²) in [4.78, 5) is 69.0. The van der Waals surface area contributed by atoms with Gasteiger partial charge in [0.1, 0.15) is 16.0 Å². The Labute approximate surface area is 271 Å². The Morgan fingerprint density at radius 2 is 1.49 bits per heavy atom. The van der Waals surface area contributed by atoms with Gasteiger partial charge >= 0.3 is 12.1 Å². The van der Waals surface area contributed by atoms with E-state index in [0.29, 0.717) is 12.8 Å². The minimum atomic E-state index is -1.46. The number of fused-ring (bicyclic) bond motifs is 5. The van der Waals surface area contributed by atoms with Crippen LogP contribution in [0.4, 0.5) is 4.79 Å². The summed E-state index contributed by atoms with van der Waals surface area (Å²) < 4.78 is 8.67. The maximum Gasteiger partial charge on any atom is 0.408 e. The molecule has 4 unspecified atom stereocenters. The smallest absolute Gasteiger partial charge is 0.408 e. The highest BCUT2D eigenvalue weighted by Gasteiger charge is 2.85. The van der Waals surface area contributed by atoms with Crippen molar-refractivity contribution in [3.8, 4) is 0 Å². The lowest BCUT2D eigenvalue weighted by Crippen LogP contribution is -2.50. The Balaban J connectivity index is 1.42. The number of carbonyl (C=O) groups excluding carboxylic acids is 5. The molecular weight excluding hydrogens is 640 g/mol. The highest BCUT2D eigenvalue weighted by molar-refractivity contribution is 9.10. The summed E-state index contributed by atoms with van der Waals surface area (Å²) in [5.41, 5.74) is -0.0954. The summed E-state index contributed by atoms with van der Waals surface area (Å²) >= 11 is 3.77. The van der Waals surface area contributed by atoms with Crippen molar-refractivity contribution >= 4 is 56.7 Å². The summed E-state index contributed by atoms with van der Waals surface area (Å²) in [6.07, 6.45) is 0.261. The van der Waals surface area contributed by atoms with Crippen LogP contribution in [0.5, 0.6) is 0 Å². The normalized spacial score (nSPS) is 27.9. The molecule has 2 aromatic rings. The molecule has 3 aliphatic rings. The lowest BCUT2D eigenvalue weighted by molar-refractivity contribution is -0.145. The third kappa shape index (κ3) is 4.92. The van der Waals surface area contributed by atoms with Crippen molar-refractivity contribution in [1.29, 1.82) is 0 Å². The molecule has 238 valence electrons. The second-order valence-corrected chi connectivity index (χ2v) is 14.5. The number of ketones is 1. The van der Waals surface area contributed by atoms with E-state index in [-0.39, 0.29) is 18.7 Å². The summed E-state index contributed by atoms with van der Waals surface area (Å²) in [6, 6.07) is 18.2. The number of amides is 3. The number of allylic oxidation sites excluding steroid dienone is 2. The van der Waals surface area contributed by atoms with E-state index in [1.165, 1.54) is 12.0 Å². The van der Waals surface area contributed by atoms with E-state index in [9.17, 15) is 24.0 Å². The number of alkyl carbamates (subject to hydrolysis) is 1. The van der Waals surface area contributed by atoms with Crippen molar-refractivity contribution in [2.75, 3.05) is 13.7 Å². The van der Waals surface area contributed by atoms with Gasteiger partial charge in [0.15, 0.2) is 5.78 Å². The van der Waals surface area contributed by atoms with Crippen LogP contribution in [0, 0.1) is 16.7 Å². The van der Waals surface area contributed by atoms with Crippen molar-refractivity contribution in [3.63, 3.8) is 0 Å². The summed E-state index contributed by atoms with van der Waals surface area (Å²) in [7, 11) is 1.24. The number of likely N-dealkylation sites (tertiary alicyclic amines) is 1. The number of halogens is 1. The lowest BCUT2D eigenvalue weighted by atomic mass is 9.63. The fourth-order valence-corrected chi connectivity index (χ4v) is 8.78. The topological polar surface area (TPSA) is 119 Å². The maximum atomic E-state index is 14.5. The van der Waals surface area contributed by atoms with E-state index in [0.717, 1.165) is 22.3 Å². The quantitative estimate of drug-likeness (QED) is 0.160. The number of esters is 1. The Kier molecular flexibility index (Phi) is 8.36. The summed E-state index contributed by atoms with van der Waals surface area (Å²) in [5, 5.41) is 2.55. The van der Waals surface area contributed by atoms with Gasteiger partial charge in [-0.2, -0.15) is 0 Å². The minimum Gasteiger partial charge on any atom is -0.467 e. The van der Waals surface area contributed by atoms with Crippen LogP contribution in [0.2, 0.25) is 0 Å². The molecule has 10 heteroatoms. The monoisotopic (exact) mass is 678 g/mol. The maximum absolute atomic E-state index is 14.5. The molecule has 9 nitrogen and oxygen atoms in total. The molecule has 1 saturated carbocycles. The molecule has 1 aliphatic heterocycles. The van der Waals surface area contributed by atoms with Gasteiger partial charge in [-0.1, -0.05) is 76.6 Å². The summed E-state index contributed by atoms with van der Waals surface area (Å²) in [5.74, 6) is -2.53. The Hall–Kier alpha value is -3.79. The number of alkyl halides is 1. The van der Waals surface area contributed by atoms with Crippen LogP contribution in [0.1, 0.15) is 65.0 Å². The minimum absolute atomic E-state index is 0.101. The van der Waals surface area contributed by atoms with Gasteiger partial charge in [-0.05, 0) is 76.2 Å². The van der Waals surface area contributed by atoms with Crippen LogP contribution in [-0.4, -0.2) is 64.2 Å². The molecule has 0 radical (unpaired) electrons. The zero-order valence-electron chi connectivity index (χ0n) is 26.4. The predicted octanol–water partition coefficient (Wildman–Crippen LogP) is 5.56. The van der Waals surface area contributed by atoms with Gasteiger partial charge in [0.05, 0.1) is 23.9 Å². The second-order valence-electron chi connectivity index (χ2n) is 13.3. The first-order chi connectivity index (χ1) is 21.1. The average molecular weight is 680 g/mol. The molecule has 2 aromatic carbocycles. The number of unbranched alkanes of at least 4 members (excludes halogenated alkanes) is 1. The number of hydrogen-bond donors (Lipinski definition) is 1. The zero-order chi connectivity index (χ0) is 32.9. The Bertz CT molecular complexity index is 1580. The number of nitrogens with one attached hydrogen (secondary N) is 1. The van der Waals surface area contributed by atoms with Gasteiger partial charge < -0.3 is 14.8 Å². The molecule has 0 spiro atoms. The fourth-order valence-electron chi connectivity index (χ4n) is 7.53. The van der Waals surface area contributed by atoms with Gasteiger partial charge in [-0.3, -0.25) is 19.3 Å². The molecular formula is C35H39BrN2O7. The Morgan fingerprint density at radius 3 is 2.02 bits per heavy atom. The molecule has 5 atom stereocenters. The zero-order valence-corrected chi connectivity index (χ0v) is 28.0. The van der Waals surface area contributed by atoms with Gasteiger partial charge in [-0.25, -0.2) is 9.59 Å². The highest BCUT2D eigenvalue weighted by Crippen LogP contribution is 2.77. The van der Waals surface area contributed by atoms with Crippen LogP contribution >= 0.6 is 15.9 Å². The number of nitrogens with zero attached hydrogens (tertiary/aromatic N) is 1. The van der Waals surface area contributed by atoms with E-state index in [1.807, 2.05) is 60.7 Å². The first-order valence-corrected chi connectivity index (χ1v) is 16.0. The van der Waals surface area contributed by atoms with Crippen LogP contribution < -0.4 is 5.32 Å². The number of hydrogen-bond acceptors (Lipinski definition) is 7. The molecule has 2 aliphatic carbocycles. The number of ether oxygens (including phenoxy) is 2. The third-order valence-electron chi connectivity index (χ3n) is 9.39.